The van der Waals surface area contributed by atoms with Crippen LogP contribution in [0.2, 0.25) is 5.15 Å². The van der Waals surface area contributed by atoms with Crippen molar-refractivity contribution in [3.8, 4) is 17.1 Å². The molecule has 2 aromatic rings. The molecule has 0 aliphatic heterocycles. The van der Waals surface area contributed by atoms with E-state index >= 15 is 0 Å². The largest absolute Gasteiger partial charge is 0.490 e. The maximum Gasteiger partial charge on any atom is 0.343 e. The standard InChI is InChI=1S/C23H29ClN2O4/c1-5-29-22(28)16-12-25-17(11-18(16)27)20-15(8-9-23(2,3)4)10-19(21(24)26-20)30-13-14-6-7-14/h10-12,14H,5-9,13H2,1-4H3,(H,25,27). The second-order valence-electron chi connectivity index (χ2n) is 8.95. The molecule has 0 saturated heterocycles. The average Bonchev–Trinajstić information content (AvgIpc) is 3.49. The molecule has 0 aromatic carbocycles. The van der Waals surface area contributed by atoms with Crippen molar-refractivity contribution in [2.45, 2.75) is 53.4 Å². The molecule has 0 amide bonds. The van der Waals surface area contributed by atoms with Gasteiger partial charge in [-0.2, -0.15) is 0 Å². The Balaban J connectivity index is 1.96. The van der Waals surface area contributed by atoms with Crippen LogP contribution in [-0.2, 0) is 11.2 Å². The Labute approximate surface area is 182 Å². The molecule has 2 aromatic heterocycles. The van der Waals surface area contributed by atoms with E-state index in [4.69, 9.17) is 21.1 Å². The van der Waals surface area contributed by atoms with Crippen LogP contribution in [0.5, 0.6) is 5.75 Å². The SMILES string of the molecule is CCOC(=O)c1c[nH]c(-c2nc(Cl)c(OCC3CC3)cc2CCC(C)(C)C)cc1=O. The summed E-state index contributed by atoms with van der Waals surface area (Å²) in [6.07, 6.45) is 5.43. The summed E-state index contributed by atoms with van der Waals surface area (Å²) >= 11 is 6.41. The minimum Gasteiger partial charge on any atom is -0.490 e. The van der Waals surface area contributed by atoms with Gasteiger partial charge in [-0.1, -0.05) is 32.4 Å². The molecule has 1 aliphatic rings. The first-order chi connectivity index (χ1) is 14.2. The third-order valence-corrected chi connectivity index (χ3v) is 5.27. The average molecular weight is 433 g/mol. The fourth-order valence-corrected chi connectivity index (χ4v) is 3.21. The van der Waals surface area contributed by atoms with Crippen molar-refractivity contribution in [1.29, 1.82) is 0 Å². The van der Waals surface area contributed by atoms with Crippen LogP contribution in [-0.4, -0.2) is 29.2 Å². The number of rotatable bonds is 8. The Morgan fingerprint density at radius 1 is 1.30 bits per heavy atom. The van der Waals surface area contributed by atoms with Crippen molar-refractivity contribution < 1.29 is 14.3 Å². The van der Waals surface area contributed by atoms with Crippen LogP contribution in [0.25, 0.3) is 11.4 Å². The molecule has 3 rings (SSSR count). The van der Waals surface area contributed by atoms with Crippen LogP contribution in [0, 0.1) is 11.3 Å². The second-order valence-corrected chi connectivity index (χ2v) is 9.30. The monoisotopic (exact) mass is 432 g/mol. The predicted octanol–water partition coefficient (Wildman–Crippen LogP) is 5.03. The first-order valence-corrected chi connectivity index (χ1v) is 10.8. The Bertz CT molecular complexity index is 974. The highest BCUT2D eigenvalue weighted by molar-refractivity contribution is 6.31. The van der Waals surface area contributed by atoms with E-state index in [1.54, 1.807) is 6.92 Å². The Morgan fingerprint density at radius 2 is 2.03 bits per heavy atom. The molecular weight excluding hydrogens is 404 g/mol. The molecule has 6 nitrogen and oxygen atoms in total. The zero-order valence-corrected chi connectivity index (χ0v) is 18.8. The lowest BCUT2D eigenvalue weighted by Gasteiger charge is -2.20. The molecule has 1 aliphatic carbocycles. The smallest absolute Gasteiger partial charge is 0.343 e. The van der Waals surface area contributed by atoms with E-state index in [2.05, 4.69) is 30.7 Å². The quantitative estimate of drug-likeness (QED) is 0.467. The molecule has 1 fully saturated rings. The van der Waals surface area contributed by atoms with E-state index in [0.717, 1.165) is 18.4 Å². The number of hydrogen-bond donors (Lipinski definition) is 1. The zero-order chi connectivity index (χ0) is 21.9. The van der Waals surface area contributed by atoms with Gasteiger partial charge in [0, 0.05) is 12.3 Å². The number of ether oxygens (including phenoxy) is 2. The highest BCUT2D eigenvalue weighted by Gasteiger charge is 2.24. The summed E-state index contributed by atoms with van der Waals surface area (Å²) < 4.78 is 10.8. The highest BCUT2D eigenvalue weighted by atomic mass is 35.5. The molecular formula is C23H29ClN2O4. The van der Waals surface area contributed by atoms with Crippen LogP contribution in [0.4, 0.5) is 0 Å². The predicted molar refractivity (Wildman–Crippen MR) is 117 cm³/mol. The number of nitrogens with one attached hydrogen (secondary N) is 1. The topological polar surface area (TPSA) is 81.3 Å². The lowest BCUT2D eigenvalue weighted by Crippen LogP contribution is -2.18. The summed E-state index contributed by atoms with van der Waals surface area (Å²) in [5, 5.41) is 0.264. The van der Waals surface area contributed by atoms with Crippen molar-refractivity contribution >= 4 is 17.6 Å². The molecule has 7 heteroatoms. The summed E-state index contributed by atoms with van der Waals surface area (Å²) in [4.78, 5) is 32.0. The van der Waals surface area contributed by atoms with Gasteiger partial charge >= 0.3 is 5.97 Å². The maximum absolute atomic E-state index is 12.5. The van der Waals surface area contributed by atoms with E-state index in [0.29, 0.717) is 29.7 Å². The fraction of sp³-hybridized carbons (Fsp3) is 0.522. The summed E-state index contributed by atoms with van der Waals surface area (Å²) in [6.45, 7) is 9.07. The van der Waals surface area contributed by atoms with Crippen LogP contribution in [0.3, 0.4) is 0 Å². The van der Waals surface area contributed by atoms with E-state index in [1.165, 1.54) is 25.1 Å². The maximum atomic E-state index is 12.5. The number of hydrogen-bond acceptors (Lipinski definition) is 5. The Morgan fingerprint density at radius 3 is 2.63 bits per heavy atom. The molecule has 1 N–H and O–H groups in total. The highest BCUT2D eigenvalue weighted by Crippen LogP contribution is 2.35. The first-order valence-electron chi connectivity index (χ1n) is 10.4. The number of esters is 1. The molecule has 0 atom stereocenters. The number of aryl methyl sites for hydroxylation is 1. The van der Waals surface area contributed by atoms with Gasteiger partial charge in [0.1, 0.15) is 5.56 Å². The molecule has 0 spiro atoms. The Kier molecular flexibility index (Phi) is 6.86. The van der Waals surface area contributed by atoms with Crippen molar-refractivity contribution in [3.63, 3.8) is 0 Å². The third kappa shape index (κ3) is 5.85. The van der Waals surface area contributed by atoms with Gasteiger partial charge < -0.3 is 14.5 Å². The minimum atomic E-state index is -0.645. The van der Waals surface area contributed by atoms with Gasteiger partial charge in [0.15, 0.2) is 16.3 Å². The number of halogens is 1. The number of pyridine rings is 2. The van der Waals surface area contributed by atoms with E-state index < -0.39 is 11.4 Å². The lowest BCUT2D eigenvalue weighted by atomic mass is 9.88. The number of aromatic amines is 1. The number of aromatic nitrogens is 2. The molecule has 162 valence electrons. The van der Waals surface area contributed by atoms with Crippen LogP contribution >= 0.6 is 11.6 Å². The summed E-state index contributed by atoms with van der Waals surface area (Å²) in [5.41, 5.74) is 1.72. The normalized spacial score (nSPS) is 13.9. The van der Waals surface area contributed by atoms with Crippen LogP contribution in [0.1, 0.15) is 62.9 Å². The van der Waals surface area contributed by atoms with E-state index in [-0.39, 0.29) is 22.7 Å². The van der Waals surface area contributed by atoms with Crippen molar-refractivity contribution in [3.05, 3.63) is 44.8 Å². The molecule has 30 heavy (non-hydrogen) atoms. The summed E-state index contributed by atoms with van der Waals surface area (Å²) in [7, 11) is 0. The van der Waals surface area contributed by atoms with Crippen LogP contribution < -0.4 is 10.2 Å². The van der Waals surface area contributed by atoms with Crippen LogP contribution in [0.15, 0.2) is 23.1 Å². The number of nitrogens with zero attached hydrogens (tertiary/aromatic N) is 1. The van der Waals surface area contributed by atoms with E-state index in [9.17, 15) is 9.59 Å². The molecule has 0 unspecified atom stereocenters. The van der Waals surface area contributed by atoms with E-state index in [1.807, 2.05) is 6.07 Å². The number of carbonyl (C=O) groups is 1. The lowest BCUT2D eigenvalue weighted by molar-refractivity contribution is 0.0524. The third-order valence-electron chi connectivity index (χ3n) is 5.00. The molecule has 0 bridgehead atoms. The van der Waals surface area contributed by atoms with Crippen molar-refractivity contribution in [2.75, 3.05) is 13.2 Å². The molecule has 1 saturated carbocycles. The van der Waals surface area contributed by atoms with Crippen molar-refractivity contribution in [2.24, 2.45) is 11.3 Å². The Hall–Kier alpha value is -2.34. The minimum absolute atomic E-state index is 0.0349. The molecule has 2 heterocycles. The van der Waals surface area contributed by atoms with Crippen molar-refractivity contribution in [1.82, 2.24) is 9.97 Å². The second kappa shape index (κ2) is 9.21. The molecule has 0 radical (unpaired) electrons. The number of carbonyl (C=O) groups excluding carboxylic acids is 1. The van der Waals surface area contributed by atoms with Gasteiger partial charge in [-0.3, -0.25) is 4.79 Å². The van der Waals surface area contributed by atoms with Gasteiger partial charge in [0.05, 0.1) is 24.6 Å². The van der Waals surface area contributed by atoms with Gasteiger partial charge in [-0.15, -0.1) is 0 Å². The first kappa shape index (κ1) is 22.3. The summed E-state index contributed by atoms with van der Waals surface area (Å²) in [5.74, 6) is 0.528. The fourth-order valence-electron chi connectivity index (χ4n) is 3.01. The van der Waals surface area contributed by atoms with Gasteiger partial charge in [0.25, 0.3) is 0 Å². The van der Waals surface area contributed by atoms with Gasteiger partial charge in [0.2, 0.25) is 0 Å². The van der Waals surface area contributed by atoms with Gasteiger partial charge in [-0.25, -0.2) is 9.78 Å². The number of H-pyrrole nitrogens is 1. The zero-order valence-electron chi connectivity index (χ0n) is 18.0. The summed E-state index contributed by atoms with van der Waals surface area (Å²) in [6, 6.07) is 3.30. The van der Waals surface area contributed by atoms with Gasteiger partial charge in [-0.05, 0) is 55.6 Å².